The molecule has 1 rings (SSSR count). The lowest BCUT2D eigenvalue weighted by Gasteiger charge is -2.18. The maximum absolute atomic E-state index is 12.5. The van der Waals surface area contributed by atoms with Gasteiger partial charge < -0.3 is 5.32 Å². The largest absolute Gasteiger partial charge is 0.463 e. The van der Waals surface area contributed by atoms with Crippen molar-refractivity contribution >= 4 is 33.2 Å². The molecule has 0 radical (unpaired) electrons. The van der Waals surface area contributed by atoms with Gasteiger partial charge in [-0.05, 0) is 28.1 Å². The van der Waals surface area contributed by atoms with Crippen molar-refractivity contribution in [3.8, 4) is 0 Å². The molecule has 0 fully saturated rings. The molecule has 2 nitrogen and oxygen atoms in total. The minimum atomic E-state index is -5.88. The van der Waals surface area contributed by atoms with Crippen molar-refractivity contribution in [1.29, 1.82) is 0 Å². The van der Waals surface area contributed by atoms with Crippen LogP contribution in [-0.2, 0) is 11.3 Å². The summed E-state index contributed by atoms with van der Waals surface area (Å²) >= 11 is 4.21. The highest BCUT2D eigenvalue weighted by atomic mass is 79.9. The summed E-state index contributed by atoms with van der Waals surface area (Å²) in [6.07, 6.45) is -5.88. The topological polar surface area (TPSA) is 29.1 Å². The number of carbonyl (C=O) groups is 1. The zero-order chi connectivity index (χ0) is 13.3. The van der Waals surface area contributed by atoms with Crippen molar-refractivity contribution in [3.63, 3.8) is 0 Å². The van der Waals surface area contributed by atoms with Crippen molar-refractivity contribution in [2.24, 2.45) is 0 Å². The summed E-state index contributed by atoms with van der Waals surface area (Å²) in [6, 6.07) is 3.09. The fraction of sp³-hybridized carbons (Fsp3) is 0.375. The first kappa shape index (κ1) is 14.4. The molecule has 0 atom stereocenters. The highest BCUT2D eigenvalue weighted by molar-refractivity contribution is 9.11. The number of halogens is 6. The predicted octanol–water partition coefficient (Wildman–Crippen LogP) is 3.32. The molecular formula is C8H5BrF5NOS. The van der Waals surface area contributed by atoms with E-state index in [1.165, 1.54) is 11.4 Å². The molecule has 0 bridgehead atoms. The lowest BCUT2D eigenvalue weighted by atomic mass is 10.3. The van der Waals surface area contributed by atoms with E-state index < -0.39 is 18.0 Å². The van der Waals surface area contributed by atoms with Gasteiger partial charge in [0.15, 0.2) is 0 Å². The van der Waals surface area contributed by atoms with Gasteiger partial charge in [-0.3, -0.25) is 4.79 Å². The van der Waals surface area contributed by atoms with Crippen LogP contribution >= 0.6 is 27.3 Å². The maximum Gasteiger partial charge on any atom is 0.463 e. The van der Waals surface area contributed by atoms with Gasteiger partial charge in [-0.15, -0.1) is 11.3 Å². The molecule has 1 N–H and O–H groups in total. The second kappa shape index (κ2) is 4.89. The van der Waals surface area contributed by atoms with Gasteiger partial charge >= 0.3 is 18.0 Å². The number of amides is 1. The number of rotatable bonds is 3. The molecule has 0 aliphatic carbocycles. The van der Waals surface area contributed by atoms with Gasteiger partial charge in [-0.1, -0.05) is 0 Å². The Labute approximate surface area is 105 Å². The van der Waals surface area contributed by atoms with E-state index in [0.29, 0.717) is 8.66 Å². The molecule has 0 saturated heterocycles. The number of hydrogen-bond acceptors (Lipinski definition) is 2. The molecule has 0 spiro atoms. The Morgan fingerprint density at radius 3 is 2.29 bits per heavy atom. The van der Waals surface area contributed by atoms with Crippen LogP contribution < -0.4 is 5.32 Å². The minimum absolute atomic E-state index is 0.374. The Morgan fingerprint density at radius 1 is 1.29 bits per heavy atom. The van der Waals surface area contributed by atoms with Crippen LogP contribution in [0, 0.1) is 0 Å². The smallest absolute Gasteiger partial charge is 0.346 e. The summed E-state index contributed by atoms with van der Waals surface area (Å²) in [5.74, 6) is -7.73. The molecule has 1 aromatic heterocycles. The number of carbonyl (C=O) groups excluding carboxylic acids is 1. The Kier molecular flexibility index (Phi) is 4.13. The van der Waals surface area contributed by atoms with Gasteiger partial charge in [0.25, 0.3) is 0 Å². The lowest BCUT2D eigenvalue weighted by molar-refractivity contribution is -0.269. The van der Waals surface area contributed by atoms with Crippen molar-refractivity contribution < 1.29 is 26.7 Å². The fourth-order valence-corrected chi connectivity index (χ4v) is 2.28. The van der Waals surface area contributed by atoms with Crippen LogP contribution in [0.15, 0.2) is 15.9 Å². The molecule has 1 heterocycles. The molecule has 1 amide bonds. The molecule has 1 aromatic rings. The summed E-state index contributed by atoms with van der Waals surface area (Å²) < 4.78 is 61.1. The average Bonchev–Trinajstić information content (AvgIpc) is 2.58. The minimum Gasteiger partial charge on any atom is -0.346 e. The summed E-state index contributed by atoms with van der Waals surface area (Å²) in [5.41, 5.74) is 0. The number of hydrogen-bond donors (Lipinski definition) is 1. The zero-order valence-electron chi connectivity index (χ0n) is 7.95. The zero-order valence-corrected chi connectivity index (χ0v) is 10.3. The molecule has 0 unspecified atom stereocenters. The SMILES string of the molecule is O=C(NCc1ccc(Br)s1)C(F)(F)C(F)(F)F. The maximum atomic E-state index is 12.5. The number of thiophene rings is 1. The monoisotopic (exact) mass is 337 g/mol. The summed E-state index contributed by atoms with van der Waals surface area (Å²) in [6.45, 7) is -0.374. The quantitative estimate of drug-likeness (QED) is 0.842. The van der Waals surface area contributed by atoms with E-state index in [2.05, 4.69) is 15.9 Å². The second-order valence-electron chi connectivity index (χ2n) is 2.96. The normalized spacial score (nSPS) is 12.6. The fourth-order valence-electron chi connectivity index (χ4n) is 0.854. The van der Waals surface area contributed by atoms with Gasteiger partial charge in [-0.25, -0.2) is 0 Å². The van der Waals surface area contributed by atoms with E-state index in [1.807, 2.05) is 0 Å². The standard InChI is InChI=1S/C8H5BrF5NOS/c9-5-2-1-4(17-5)3-15-6(16)7(10,11)8(12,13)14/h1-2H,3H2,(H,15,16). The molecular weight excluding hydrogens is 333 g/mol. The highest BCUT2D eigenvalue weighted by Crippen LogP contribution is 2.35. The Morgan fingerprint density at radius 2 is 1.88 bits per heavy atom. The number of alkyl halides is 5. The van der Waals surface area contributed by atoms with E-state index in [0.717, 1.165) is 11.3 Å². The Hall–Kier alpha value is -0.700. The van der Waals surface area contributed by atoms with E-state index in [4.69, 9.17) is 0 Å². The first-order valence-electron chi connectivity index (χ1n) is 4.11. The second-order valence-corrected chi connectivity index (χ2v) is 5.51. The van der Waals surface area contributed by atoms with Crippen LogP contribution in [0.25, 0.3) is 0 Å². The summed E-state index contributed by atoms with van der Waals surface area (Å²) in [4.78, 5) is 11.2. The van der Waals surface area contributed by atoms with Crippen LogP contribution in [0.3, 0.4) is 0 Å². The Bertz CT molecular complexity index is 416. The molecule has 9 heteroatoms. The molecule has 0 aliphatic rings. The lowest BCUT2D eigenvalue weighted by Crippen LogP contribution is -2.50. The van der Waals surface area contributed by atoms with E-state index in [9.17, 15) is 26.7 Å². The van der Waals surface area contributed by atoms with Gasteiger partial charge in [0.05, 0.1) is 10.3 Å². The molecule has 17 heavy (non-hydrogen) atoms. The van der Waals surface area contributed by atoms with E-state index in [-0.39, 0.29) is 6.54 Å². The van der Waals surface area contributed by atoms with Crippen LogP contribution in [-0.4, -0.2) is 18.0 Å². The molecule has 96 valence electrons. The average molecular weight is 338 g/mol. The molecule has 0 aromatic carbocycles. The predicted molar refractivity (Wildman–Crippen MR) is 54.9 cm³/mol. The van der Waals surface area contributed by atoms with Crippen LogP contribution in [0.1, 0.15) is 4.88 Å². The van der Waals surface area contributed by atoms with E-state index in [1.54, 1.807) is 6.07 Å². The summed E-state index contributed by atoms with van der Waals surface area (Å²) in [5, 5.41) is 1.54. The third kappa shape index (κ3) is 3.38. The van der Waals surface area contributed by atoms with Gasteiger partial charge in [0.1, 0.15) is 0 Å². The van der Waals surface area contributed by atoms with Crippen LogP contribution in [0.4, 0.5) is 22.0 Å². The molecule has 0 saturated carbocycles. The van der Waals surface area contributed by atoms with Gasteiger partial charge in [0, 0.05) is 4.88 Å². The van der Waals surface area contributed by atoms with Crippen molar-refractivity contribution in [3.05, 3.63) is 20.8 Å². The van der Waals surface area contributed by atoms with Crippen molar-refractivity contribution in [2.45, 2.75) is 18.6 Å². The summed E-state index contributed by atoms with van der Waals surface area (Å²) in [7, 11) is 0. The van der Waals surface area contributed by atoms with Crippen LogP contribution in [0.2, 0.25) is 0 Å². The first-order valence-corrected chi connectivity index (χ1v) is 5.72. The van der Waals surface area contributed by atoms with Crippen molar-refractivity contribution in [1.82, 2.24) is 5.32 Å². The van der Waals surface area contributed by atoms with E-state index >= 15 is 0 Å². The molecule has 0 aliphatic heterocycles. The number of nitrogens with one attached hydrogen (secondary N) is 1. The van der Waals surface area contributed by atoms with Gasteiger partial charge in [-0.2, -0.15) is 22.0 Å². The van der Waals surface area contributed by atoms with Crippen molar-refractivity contribution in [2.75, 3.05) is 0 Å². The third-order valence-corrected chi connectivity index (χ3v) is 3.32. The Balaban J connectivity index is 2.61. The first-order chi connectivity index (χ1) is 7.64. The van der Waals surface area contributed by atoms with Crippen LogP contribution in [0.5, 0.6) is 0 Å². The third-order valence-electron chi connectivity index (χ3n) is 1.69. The van der Waals surface area contributed by atoms with Gasteiger partial charge in [0.2, 0.25) is 0 Å². The highest BCUT2D eigenvalue weighted by Gasteiger charge is 2.63.